The third-order valence-electron chi connectivity index (χ3n) is 7.35. The molecule has 2 atom stereocenters. The Bertz CT molecular complexity index is 1310. The number of carbonyl (C=O) groups is 1. The van der Waals surface area contributed by atoms with Gasteiger partial charge in [0.05, 0.1) is 17.2 Å². The van der Waals surface area contributed by atoms with Crippen LogP contribution in [0.4, 0.5) is 0 Å². The van der Waals surface area contributed by atoms with Crippen molar-refractivity contribution in [3.63, 3.8) is 0 Å². The van der Waals surface area contributed by atoms with Crippen molar-refractivity contribution in [3.05, 3.63) is 93.0 Å². The quantitative estimate of drug-likeness (QED) is 0.264. The molecule has 0 saturated carbocycles. The molecular formula is C33H38ClNO3. The standard InChI is InChI=1S/C33H38ClNO3/c1-22-16-33(32(34)17-29(22)20-36)37-21-28-12-9-14-31(26(28)5)30-13-8-11-27(25(30)4)10-6-7-15-35-18-23(2)38-24(3)19-35/h6,8-14,16-17,20,23-24H,7,15,18-19,21H2,1-5H3/b10-6+. The summed E-state index contributed by atoms with van der Waals surface area (Å²) in [4.78, 5) is 13.7. The molecular weight excluding hydrogens is 494 g/mol. The summed E-state index contributed by atoms with van der Waals surface area (Å²) in [5.74, 6) is 0.587. The number of nitrogens with zero attached hydrogens (tertiary/aromatic N) is 1. The van der Waals surface area contributed by atoms with Crippen LogP contribution in [-0.2, 0) is 11.3 Å². The van der Waals surface area contributed by atoms with E-state index in [0.29, 0.717) is 35.2 Å². The average molecular weight is 532 g/mol. The summed E-state index contributed by atoms with van der Waals surface area (Å²) in [5.41, 5.74) is 8.65. The van der Waals surface area contributed by atoms with Crippen LogP contribution in [0.25, 0.3) is 17.2 Å². The van der Waals surface area contributed by atoms with Crippen LogP contribution in [-0.4, -0.2) is 43.0 Å². The number of benzene rings is 3. The number of halogens is 1. The predicted molar refractivity (Wildman–Crippen MR) is 157 cm³/mol. The summed E-state index contributed by atoms with van der Waals surface area (Å²) in [6, 6.07) is 16.3. The normalized spacial score (nSPS) is 18.2. The largest absolute Gasteiger partial charge is 0.487 e. The number of hydrogen-bond acceptors (Lipinski definition) is 4. The monoisotopic (exact) mass is 531 g/mol. The van der Waals surface area contributed by atoms with Gasteiger partial charge < -0.3 is 9.47 Å². The van der Waals surface area contributed by atoms with Gasteiger partial charge in [0.2, 0.25) is 0 Å². The van der Waals surface area contributed by atoms with Gasteiger partial charge in [-0.3, -0.25) is 9.69 Å². The van der Waals surface area contributed by atoms with E-state index < -0.39 is 0 Å². The van der Waals surface area contributed by atoms with E-state index in [1.165, 1.54) is 27.8 Å². The molecule has 0 aromatic heterocycles. The lowest BCUT2D eigenvalue weighted by Gasteiger charge is -2.35. The fraction of sp³-hybridized carbons (Fsp3) is 0.364. The maximum absolute atomic E-state index is 11.2. The van der Waals surface area contributed by atoms with Crippen LogP contribution >= 0.6 is 11.6 Å². The first-order valence-electron chi connectivity index (χ1n) is 13.4. The van der Waals surface area contributed by atoms with E-state index in [2.05, 4.69) is 81.1 Å². The first-order chi connectivity index (χ1) is 18.3. The summed E-state index contributed by atoms with van der Waals surface area (Å²) in [6.45, 7) is 14.0. The molecule has 0 aliphatic carbocycles. The topological polar surface area (TPSA) is 38.8 Å². The smallest absolute Gasteiger partial charge is 0.150 e. The molecule has 2 unspecified atom stereocenters. The second-order valence-corrected chi connectivity index (χ2v) is 10.8. The van der Waals surface area contributed by atoms with Gasteiger partial charge >= 0.3 is 0 Å². The van der Waals surface area contributed by atoms with Crippen LogP contribution in [0.15, 0.2) is 54.6 Å². The molecule has 38 heavy (non-hydrogen) atoms. The molecule has 200 valence electrons. The van der Waals surface area contributed by atoms with Crippen LogP contribution in [0.5, 0.6) is 5.75 Å². The molecule has 1 aliphatic heterocycles. The minimum absolute atomic E-state index is 0.301. The molecule has 1 heterocycles. The molecule has 0 bridgehead atoms. The summed E-state index contributed by atoms with van der Waals surface area (Å²) in [6.07, 6.45) is 6.97. The van der Waals surface area contributed by atoms with Crippen molar-refractivity contribution in [2.24, 2.45) is 0 Å². The van der Waals surface area contributed by atoms with Crippen LogP contribution < -0.4 is 4.74 Å². The molecule has 1 aliphatic rings. The van der Waals surface area contributed by atoms with Gasteiger partial charge in [0.1, 0.15) is 18.6 Å². The van der Waals surface area contributed by atoms with E-state index in [0.717, 1.165) is 43.5 Å². The predicted octanol–water partition coefficient (Wildman–Crippen LogP) is 7.84. The highest BCUT2D eigenvalue weighted by atomic mass is 35.5. The van der Waals surface area contributed by atoms with Crippen LogP contribution in [0.1, 0.15) is 58.4 Å². The van der Waals surface area contributed by atoms with Crippen molar-refractivity contribution in [2.75, 3.05) is 19.6 Å². The number of rotatable bonds is 9. The van der Waals surface area contributed by atoms with Crippen molar-refractivity contribution in [2.45, 2.75) is 59.9 Å². The maximum Gasteiger partial charge on any atom is 0.150 e. The average Bonchev–Trinajstić information content (AvgIpc) is 2.88. The number of hydrogen-bond donors (Lipinski definition) is 0. The van der Waals surface area contributed by atoms with E-state index in [-0.39, 0.29) is 0 Å². The van der Waals surface area contributed by atoms with Crippen molar-refractivity contribution in [3.8, 4) is 16.9 Å². The van der Waals surface area contributed by atoms with Crippen molar-refractivity contribution < 1.29 is 14.3 Å². The Balaban J connectivity index is 1.47. The van der Waals surface area contributed by atoms with Gasteiger partial charge in [0.25, 0.3) is 0 Å². The van der Waals surface area contributed by atoms with Gasteiger partial charge in [-0.25, -0.2) is 0 Å². The number of aldehydes is 1. The van der Waals surface area contributed by atoms with E-state index >= 15 is 0 Å². The molecule has 1 fully saturated rings. The number of carbonyl (C=O) groups excluding carboxylic acids is 1. The SMILES string of the molecule is Cc1cc(OCc2cccc(-c3cccc(/C=C/CCN4CC(C)OC(C)C4)c3C)c2C)c(Cl)cc1C=O. The summed E-state index contributed by atoms with van der Waals surface area (Å²) in [5, 5.41) is 0.444. The molecule has 3 aromatic rings. The Morgan fingerprint density at radius 3 is 2.37 bits per heavy atom. The zero-order valence-corrected chi connectivity index (χ0v) is 23.8. The van der Waals surface area contributed by atoms with Crippen molar-refractivity contribution >= 4 is 24.0 Å². The fourth-order valence-corrected chi connectivity index (χ4v) is 5.48. The molecule has 0 radical (unpaired) electrons. The second-order valence-electron chi connectivity index (χ2n) is 10.4. The second kappa shape index (κ2) is 12.8. The molecule has 4 nitrogen and oxygen atoms in total. The van der Waals surface area contributed by atoms with Gasteiger partial charge in [-0.15, -0.1) is 0 Å². The van der Waals surface area contributed by atoms with Gasteiger partial charge in [-0.05, 0) is 92.1 Å². The fourth-order valence-electron chi connectivity index (χ4n) is 5.26. The Morgan fingerprint density at radius 1 is 0.974 bits per heavy atom. The zero-order valence-electron chi connectivity index (χ0n) is 23.1. The van der Waals surface area contributed by atoms with Gasteiger partial charge in [-0.1, -0.05) is 60.2 Å². The third kappa shape index (κ3) is 6.74. The highest BCUT2D eigenvalue weighted by Crippen LogP contribution is 2.32. The lowest BCUT2D eigenvalue weighted by Crippen LogP contribution is -2.45. The number of aryl methyl sites for hydroxylation is 1. The Hall–Kier alpha value is -2.92. The molecule has 0 N–H and O–H groups in total. The number of morpholine rings is 1. The summed E-state index contributed by atoms with van der Waals surface area (Å²) in [7, 11) is 0. The van der Waals surface area contributed by atoms with Crippen LogP contribution in [0.3, 0.4) is 0 Å². The third-order valence-corrected chi connectivity index (χ3v) is 7.64. The number of ether oxygens (including phenoxy) is 2. The maximum atomic E-state index is 11.2. The lowest BCUT2D eigenvalue weighted by molar-refractivity contribution is -0.0673. The zero-order chi connectivity index (χ0) is 27.2. The molecule has 1 saturated heterocycles. The van der Waals surface area contributed by atoms with Crippen LogP contribution in [0, 0.1) is 20.8 Å². The Kier molecular flexibility index (Phi) is 9.43. The van der Waals surface area contributed by atoms with E-state index in [9.17, 15) is 4.79 Å². The van der Waals surface area contributed by atoms with E-state index in [4.69, 9.17) is 21.1 Å². The first kappa shape index (κ1) is 28.1. The first-order valence-corrected chi connectivity index (χ1v) is 13.8. The van der Waals surface area contributed by atoms with Crippen molar-refractivity contribution in [1.29, 1.82) is 0 Å². The van der Waals surface area contributed by atoms with Gasteiger partial charge in [0, 0.05) is 25.2 Å². The Labute approximate surface area is 232 Å². The van der Waals surface area contributed by atoms with Crippen molar-refractivity contribution in [1.82, 2.24) is 4.90 Å². The van der Waals surface area contributed by atoms with E-state index in [1.807, 2.05) is 13.0 Å². The molecule has 4 rings (SSSR count). The highest BCUT2D eigenvalue weighted by Gasteiger charge is 2.21. The van der Waals surface area contributed by atoms with Gasteiger partial charge in [0.15, 0.2) is 0 Å². The summed E-state index contributed by atoms with van der Waals surface area (Å²) >= 11 is 6.36. The minimum Gasteiger partial charge on any atom is -0.487 e. The van der Waals surface area contributed by atoms with E-state index in [1.54, 1.807) is 6.07 Å². The molecule has 0 spiro atoms. The summed E-state index contributed by atoms with van der Waals surface area (Å²) < 4.78 is 11.9. The molecule has 5 heteroatoms. The molecule has 0 amide bonds. The Morgan fingerprint density at radius 2 is 1.66 bits per heavy atom. The minimum atomic E-state index is 0.301. The van der Waals surface area contributed by atoms with Gasteiger partial charge in [-0.2, -0.15) is 0 Å². The molecule has 3 aromatic carbocycles. The lowest BCUT2D eigenvalue weighted by atomic mass is 9.91. The van der Waals surface area contributed by atoms with Crippen LogP contribution in [0.2, 0.25) is 5.02 Å². The highest BCUT2D eigenvalue weighted by molar-refractivity contribution is 6.32.